The molecule has 0 saturated carbocycles. The van der Waals surface area contributed by atoms with Crippen molar-refractivity contribution in [2.45, 2.75) is 25.6 Å². The molecule has 6 nitrogen and oxygen atoms in total. The Bertz CT molecular complexity index is 930. The predicted octanol–water partition coefficient (Wildman–Crippen LogP) is 3.90. The van der Waals surface area contributed by atoms with E-state index in [4.69, 9.17) is 21.5 Å². The molecule has 2 rings (SSSR count). The number of halogens is 5. The molecule has 1 unspecified atom stereocenters. The fraction of sp³-hybridized carbons (Fsp3) is 0.278. The molecule has 0 bridgehead atoms. The molecular formula is C18H17ClF3IN2O4. The van der Waals surface area contributed by atoms with Crippen LogP contribution < -0.4 is 10.8 Å². The first-order valence-corrected chi connectivity index (χ1v) is 9.60. The number of carbonyl (C=O) groups is 1. The van der Waals surface area contributed by atoms with E-state index in [1.165, 1.54) is 19.9 Å². The first-order valence-electron chi connectivity index (χ1n) is 8.14. The van der Waals surface area contributed by atoms with Gasteiger partial charge in [-0.15, -0.1) is 0 Å². The van der Waals surface area contributed by atoms with Crippen LogP contribution >= 0.6 is 34.2 Å². The molecule has 4 N–H and O–H groups in total. The number of hydrogen-bond donors (Lipinski definition) is 4. The molecule has 0 heterocycles. The van der Waals surface area contributed by atoms with Crippen molar-refractivity contribution in [3.05, 3.63) is 55.9 Å². The normalized spacial score (nSPS) is 12.6. The molecule has 0 aromatic heterocycles. The van der Waals surface area contributed by atoms with Gasteiger partial charge in [0.15, 0.2) is 17.5 Å². The minimum atomic E-state index is -1.78. The Kier molecular flexibility index (Phi) is 7.74. The number of carbonyl (C=O) groups excluding carboxylic acids is 1. The van der Waals surface area contributed by atoms with Gasteiger partial charge in [-0.1, -0.05) is 11.6 Å². The van der Waals surface area contributed by atoms with Crippen LogP contribution in [0.3, 0.4) is 0 Å². The molecule has 2 aromatic rings. The third-order valence-corrected chi connectivity index (χ3v) is 4.96. The van der Waals surface area contributed by atoms with Gasteiger partial charge in [0.2, 0.25) is 0 Å². The lowest BCUT2D eigenvalue weighted by molar-refractivity contribution is -0.144. The fourth-order valence-electron chi connectivity index (χ4n) is 2.14. The maximum atomic E-state index is 14.4. The van der Waals surface area contributed by atoms with Crippen LogP contribution in [-0.4, -0.2) is 34.4 Å². The molecule has 0 aliphatic rings. The Labute approximate surface area is 183 Å². The highest BCUT2D eigenvalue weighted by molar-refractivity contribution is 14.1. The van der Waals surface area contributed by atoms with Crippen LogP contribution in [0.1, 0.15) is 24.2 Å². The molecule has 0 saturated heterocycles. The molecule has 0 spiro atoms. The summed E-state index contributed by atoms with van der Waals surface area (Å²) in [5, 5.41) is 21.3. The summed E-state index contributed by atoms with van der Waals surface area (Å²) in [7, 11) is 0. The number of hydrogen-bond acceptors (Lipinski definition) is 5. The zero-order valence-electron chi connectivity index (χ0n) is 15.2. The van der Waals surface area contributed by atoms with E-state index >= 15 is 0 Å². The van der Waals surface area contributed by atoms with E-state index in [2.05, 4.69) is 5.32 Å². The van der Waals surface area contributed by atoms with E-state index in [0.29, 0.717) is 6.07 Å². The fourth-order valence-corrected chi connectivity index (χ4v) is 3.05. The molecule has 1 amide bonds. The Hall–Kier alpha value is -1.60. The van der Waals surface area contributed by atoms with Crippen molar-refractivity contribution >= 4 is 51.5 Å². The highest BCUT2D eigenvalue weighted by Crippen LogP contribution is 2.32. The number of anilines is 2. The minimum absolute atomic E-state index is 0.156. The van der Waals surface area contributed by atoms with Crippen LogP contribution in [0.4, 0.5) is 24.5 Å². The Morgan fingerprint density at radius 3 is 2.52 bits per heavy atom. The average Bonchev–Trinajstić information content (AvgIpc) is 2.67. The Balaban J connectivity index is 2.39. The molecule has 0 radical (unpaired) electrons. The van der Waals surface area contributed by atoms with Gasteiger partial charge in [-0.3, -0.25) is 9.63 Å². The molecule has 0 aliphatic heterocycles. The van der Waals surface area contributed by atoms with Gasteiger partial charge in [-0.25, -0.2) is 18.7 Å². The van der Waals surface area contributed by atoms with Crippen molar-refractivity contribution in [1.82, 2.24) is 5.48 Å². The highest BCUT2D eigenvalue weighted by atomic mass is 127. The van der Waals surface area contributed by atoms with Gasteiger partial charge >= 0.3 is 0 Å². The summed E-state index contributed by atoms with van der Waals surface area (Å²) in [5.41, 5.74) is -0.593. The molecule has 11 heteroatoms. The van der Waals surface area contributed by atoms with Gasteiger partial charge in [-0.2, -0.15) is 0 Å². The first-order chi connectivity index (χ1) is 13.5. The smallest absolute Gasteiger partial charge is 0.277 e. The number of amides is 1. The zero-order chi connectivity index (χ0) is 21.9. The van der Waals surface area contributed by atoms with Gasteiger partial charge in [0, 0.05) is 3.57 Å². The first kappa shape index (κ1) is 23.7. The third-order valence-electron chi connectivity index (χ3n) is 3.98. The van der Waals surface area contributed by atoms with E-state index in [1.807, 2.05) is 28.1 Å². The summed E-state index contributed by atoms with van der Waals surface area (Å²) < 4.78 is 42.7. The maximum absolute atomic E-state index is 14.4. The van der Waals surface area contributed by atoms with Crippen molar-refractivity contribution in [2.75, 3.05) is 11.9 Å². The van der Waals surface area contributed by atoms with Crippen LogP contribution in [0, 0.1) is 21.0 Å². The molecule has 29 heavy (non-hydrogen) atoms. The second kappa shape index (κ2) is 9.47. The summed E-state index contributed by atoms with van der Waals surface area (Å²) >= 11 is 8.07. The molecule has 1 atom stereocenters. The molecule has 158 valence electrons. The van der Waals surface area contributed by atoms with Crippen molar-refractivity contribution < 1.29 is 33.0 Å². The van der Waals surface area contributed by atoms with Crippen molar-refractivity contribution in [3.63, 3.8) is 0 Å². The van der Waals surface area contributed by atoms with E-state index in [1.54, 1.807) is 12.1 Å². The van der Waals surface area contributed by atoms with Crippen LogP contribution in [0.25, 0.3) is 0 Å². The van der Waals surface area contributed by atoms with Crippen molar-refractivity contribution in [2.24, 2.45) is 0 Å². The molecule has 0 fully saturated rings. The van der Waals surface area contributed by atoms with Crippen LogP contribution in [-0.2, 0) is 4.84 Å². The molecule has 0 aliphatic carbocycles. The van der Waals surface area contributed by atoms with Crippen LogP contribution in [0.15, 0.2) is 24.3 Å². The summed E-state index contributed by atoms with van der Waals surface area (Å²) in [6, 6.07) is 5.15. The average molecular weight is 545 g/mol. The summed E-state index contributed by atoms with van der Waals surface area (Å²) in [4.78, 5) is 17.5. The summed E-state index contributed by atoms with van der Waals surface area (Å²) in [6.07, 6.45) is -1.35. The van der Waals surface area contributed by atoms with Crippen LogP contribution in [0.5, 0.6) is 0 Å². The van der Waals surface area contributed by atoms with Gasteiger partial charge in [0.25, 0.3) is 5.91 Å². The summed E-state index contributed by atoms with van der Waals surface area (Å²) in [6.45, 7) is 2.08. The maximum Gasteiger partial charge on any atom is 0.277 e. The quantitative estimate of drug-likeness (QED) is 0.241. The van der Waals surface area contributed by atoms with Gasteiger partial charge in [0.05, 0.1) is 28.6 Å². The predicted molar refractivity (Wildman–Crippen MR) is 109 cm³/mol. The lowest BCUT2D eigenvalue weighted by atomic mass is 10.0. The van der Waals surface area contributed by atoms with E-state index < -0.39 is 52.9 Å². The number of nitrogens with one attached hydrogen (secondary N) is 2. The van der Waals surface area contributed by atoms with E-state index in [9.17, 15) is 23.1 Å². The van der Waals surface area contributed by atoms with E-state index in [-0.39, 0.29) is 10.7 Å². The standard InChI is InChI=1S/C18H17ClF3IN2O4/c1-18(2,13(27)7-26)29-25-17(28)9-6-11(20)14(21)15(22)16(9)24-12-4-3-8(23)5-10(12)19/h3-6,13,24,26-27H,7H2,1-2H3,(H,25,28). The van der Waals surface area contributed by atoms with Crippen molar-refractivity contribution in [3.8, 4) is 0 Å². The SMILES string of the molecule is CC(C)(ONC(=O)c1cc(F)c(F)c(F)c1Nc1ccc(I)cc1Cl)C(O)CO. The van der Waals surface area contributed by atoms with Gasteiger partial charge in [0.1, 0.15) is 11.7 Å². The number of aliphatic hydroxyl groups is 2. The zero-order valence-corrected chi connectivity index (χ0v) is 18.1. The molecule has 2 aromatic carbocycles. The Morgan fingerprint density at radius 2 is 1.93 bits per heavy atom. The summed E-state index contributed by atoms with van der Waals surface area (Å²) in [5.74, 6) is -6.10. The lowest BCUT2D eigenvalue weighted by Gasteiger charge is -2.28. The largest absolute Gasteiger partial charge is 0.394 e. The third kappa shape index (κ3) is 5.51. The second-order valence-corrected chi connectivity index (χ2v) is 8.15. The topological polar surface area (TPSA) is 90.8 Å². The number of aliphatic hydroxyl groups excluding tert-OH is 2. The van der Waals surface area contributed by atoms with Gasteiger partial charge < -0.3 is 15.5 Å². The van der Waals surface area contributed by atoms with Crippen LogP contribution in [0.2, 0.25) is 5.02 Å². The Morgan fingerprint density at radius 1 is 1.28 bits per heavy atom. The number of rotatable bonds is 7. The lowest BCUT2D eigenvalue weighted by Crippen LogP contribution is -2.46. The van der Waals surface area contributed by atoms with Gasteiger partial charge in [-0.05, 0) is 60.7 Å². The second-order valence-electron chi connectivity index (χ2n) is 6.49. The number of benzene rings is 2. The van der Waals surface area contributed by atoms with E-state index in [0.717, 1.165) is 3.57 Å². The van der Waals surface area contributed by atoms with Crippen molar-refractivity contribution in [1.29, 1.82) is 0 Å². The monoisotopic (exact) mass is 544 g/mol. The highest BCUT2D eigenvalue weighted by Gasteiger charge is 2.31. The minimum Gasteiger partial charge on any atom is -0.394 e. The molecular weight excluding hydrogens is 528 g/mol. The number of hydroxylamine groups is 1.